The van der Waals surface area contributed by atoms with Crippen LogP contribution in [0.1, 0.15) is 35.8 Å². The summed E-state index contributed by atoms with van der Waals surface area (Å²) in [5, 5.41) is 3.16. The van der Waals surface area contributed by atoms with Crippen molar-refractivity contribution >= 4 is 38.9 Å². The first-order valence-corrected chi connectivity index (χ1v) is 11.1. The van der Waals surface area contributed by atoms with Gasteiger partial charge in [0.2, 0.25) is 5.91 Å². The smallest absolute Gasteiger partial charge is 0.238 e. The number of hydrogen-bond acceptors (Lipinski definition) is 4. The molecule has 1 aromatic heterocycles. The van der Waals surface area contributed by atoms with E-state index >= 15 is 0 Å². The van der Waals surface area contributed by atoms with Gasteiger partial charge in [0.25, 0.3) is 0 Å². The number of para-hydroxylation sites is 1. The Balaban J connectivity index is 1.50. The van der Waals surface area contributed by atoms with Crippen LogP contribution in [0.3, 0.4) is 0 Å². The van der Waals surface area contributed by atoms with Crippen molar-refractivity contribution in [3.63, 3.8) is 0 Å². The van der Waals surface area contributed by atoms with Gasteiger partial charge in [0.15, 0.2) is 0 Å². The molecule has 0 aliphatic carbocycles. The Bertz CT molecular complexity index is 781. The van der Waals surface area contributed by atoms with E-state index in [1.165, 1.54) is 14.2 Å². The third-order valence-electron chi connectivity index (χ3n) is 5.03. The van der Waals surface area contributed by atoms with Gasteiger partial charge in [0.1, 0.15) is 0 Å². The van der Waals surface area contributed by atoms with Gasteiger partial charge in [-0.1, -0.05) is 32.0 Å². The quantitative estimate of drug-likeness (QED) is 0.693. The third-order valence-corrected chi connectivity index (χ3v) is 6.64. The molecule has 0 atom stereocenters. The molecule has 146 valence electrons. The van der Waals surface area contributed by atoms with Crippen LogP contribution in [0.15, 0.2) is 34.1 Å². The van der Waals surface area contributed by atoms with Crippen LogP contribution in [0, 0.1) is 6.92 Å². The molecule has 27 heavy (non-hydrogen) atoms. The number of amides is 1. The van der Waals surface area contributed by atoms with Crippen molar-refractivity contribution in [3.8, 4) is 0 Å². The number of thiophene rings is 1. The van der Waals surface area contributed by atoms with Crippen LogP contribution in [0.4, 0.5) is 5.69 Å². The molecule has 1 amide bonds. The summed E-state index contributed by atoms with van der Waals surface area (Å²) in [7, 11) is 0. The van der Waals surface area contributed by atoms with Crippen molar-refractivity contribution in [1.29, 1.82) is 0 Å². The van der Waals surface area contributed by atoms with Gasteiger partial charge in [0, 0.05) is 43.3 Å². The number of hydrogen-bond donors (Lipinski definition) is 1. The SMILES string of the molecule is Cc1cccc(C(C)C)c1NC(=O)CN1CCN(Cc2ccc(Br)s2)CC1. The maximum absolute atomic E-state index is 12.6. The lowest BCUT2D eigenvalue weighted by Gasteiger charge is -2.34. The van der Waals surface area contributed by atoms with Gasteiger partial charge in [0.05, 0.1) is 10.3 Å². The van der Waals surface area contributed by atoms with Crippen molar-refractivity contribution in [2.45, 2.75) is 33.2 Å². The number of halogens is 1. The van der Waals surface area contributed by atoms with Gasteiger partial charge >= 0.3 is 0 Å². The predicted octanol–water partition coefficient (Wildman–Crippen LogP) is 4.70. The number of nitrogens with zero attached hydrogens (tertiary/aromatic N) is 2. The second-order valence-electron chi connectivity index (χ2n) is 7.50. The van der Waals surface area contributed by atoms with Crippen molar-refractivity contribution in [1.82, 2.24) is 9.80 Å². The lowest BCUT2D eigenvalue weighted by Crippen LogP contribution is -2.48. The maximum Gasteiger partial charge on any atom is 0.238 e. The van der Waals surface area contributed by atoms with Gasteiger partial charge in [-0.05, 0) is 52.0 Å². The second kappa shape index (κ2) is 9.32. The number of nitrogens with one attached hydrogen (secondary N) is 1. The van der Waals surface area contributed by atoms with E-state index in [2.05, 4.69) is 82.1 Å². The molecule has 0 saturated carbocycles. The van der Waals surface area contributed by atoms with E-state index in [0.29, 0.717) is 12.5 Å². The monoisotopic (exact) mass is 449 g/mol. The molecule has 1 aromatic carbocycles. The van der Waals surface area contributed by atoms with Crippen molar-refractivity contribution in [2.75, 3.05) is 38.0 Å². The molecule has 0 bridgehead atoms. The molecule has 2 heterocycles. The van der Waals surface area contributed by atoms with Gasteiger partial charge < -0.3 is 5.32 Å². The molecule has 4 nitrogen and oxygen atoms in total. The second-order valence-corrected chi connectivity index (χ2v) is 10.0. The third kappa shape index (κ3) is 5.64. The highest BCUT2D eigenvalue weighted by Crippen LogP contribution is 2.27. The fourth-order valence-corrected chi connectivity index (χ4v) is 5.01. The number of aryl methyl sites for hydroxylation is 1. The molecule has 1 N–H and O–H groups in total. The van der Waals surface area contributed by atoms with E-state index in [1.54, 1.807) is 11.3 Å². The van der Waals surface area contributed by atoms with Crippen molar-refractivity contribution < 1.29 is 4.79 Å². The average molecular weight is 450 g/mol. The van der Waals surface area contributed by atoms with Crippen LogP contribution in [-0.4, -0.2) is 48.4 Å². The fraction of sp³-hybridized carbons (Fsp3) is 0.476. The average Bonchev–Trinajstić information content (AvgIpc) is 3.03. The Kier molecular flexibility index (Phi) is 7.09. The highest BCUT2D eigenvalue weighted by atomic mass is 79.9. The summed E-state index contributed by atoms with van der Waals surface area (Å²) in [5.74, 6) is 0.475. The van der Waals surface area contributed by atoms with E-state index in [4.69, 9.17) is 0 Å². The van der Waals surface area contributed by atoms with E-state index < -0.39 is 0 Å². The lowest BCUT2D eigenvalue weighted by atomic mass is 9.98. The minimum absolute atomic E-state index is 0.0850. The molecule has 1 aliphatic rings. The van der Waals surface area contributed by atoms with E-state index in [1.807, 2.05) is 0 Å². The van der Waals surface area contributed by atoms with Crippen LogP contribution >= 0.6 is 27.3 Å². The van der Waals surface area contributed by atoms with E-state index in [-0.39, 0.29) is 5.91 Å². The molecular formula is C21H28BrN3OS. The Morgan fingerprint density at radius 1 is 1.15 bits per heavy atom. The number of rotatable bonds is 6. The van der Waals surface area contributed by atoms with E-state index in [0.717, 1.165) is 44.0 Å². The molecular weight excluding hydrogens is 422 g/mol. The fourth-order valence-electron chi connectivity index (χ4n) is 3.49. The molecule has 6 heteroatoms. The summed E-state index contributed by atoms with van der Waals surface area (Å²) in [6.07, 6.45) is 0. The molecule has 0 spiro atoms. The van der Waals surface area contributed by atoms with Crippen LogP contribution in [-0.2, 0) is 11.3 Å². The molecule has 1 fully saturated rings. The topological polar surface area (TPSA) is 35.6 Å². The number of carbonyl (C=O) groups excluding carboxylic acids is 1. The highest BCUT2D eigenvalue weighted by molar-refractivity contribution is 9.11. The number of piperazine rings is 1. The van der Waals surface area contributed by atoms with E-state index in [9.17, 15) is 4.79 Å². The molecule has 0 unspecified atom stereocenters. The number of benzene rings is 1. The zero-order valence-electron chi connectivity index (χ0n) is 16.3. The Morgan fingerprint density at radius 2 is 1.85 bits per heavy atom. The standard InChI is InChI=1S/C21H28BrN3OS/c1-15(2)18-6-4-5-16(3)21(18)23-20(26)14-25-11-9-24(10-12-25)13-17-7-8-19(22)27-17/h4-8,15H,9-14H2,1-3H3,(H,23,26). The zero-order chi connectivity index (χ0) is 19.4. The van der Waals surface area contributed by atoms with Gasteiger partial charge in [-0.2, -0.15) is 0 Å². The first kappa shape index (κ1) is 20.5. The minimum Gasteiger partial charge on any atom is -0.324 e. The molecule has 1 aliphatic heterocycles. The normalized spacial score (nSPS) is 16.0. The van der Waals surface area contributed by atoms with Crippen LogP contribution in [0.2, 0.25) is 0 Å². The first-order chi connectivity index (χ1) is 12.9. The van der Waals surface area contributed by atoms with Crippen molar-refractivity contribution in [3.05, 3.63) is 50.1 Å². The van der Waals surface area contributed by atoms with Crippen molar-refractivity contribution in [2.24, 2.45) is 0 Å². The first-order valence-electron chi connectivity index (χ1n) is 9.50. The number of anilines is 1. The minimum atomic E-state index is 0.0850. The van der Waals surface area contributed by atoms with Gasteiger partial charge in [-0.25, -0.2) is 0 Å². The molecule has 3 rings (SSSR count). The summed E-state index contributed by atoms with van der Waals surface area (Å²) >= 11 is 5.32. The summed E-state index contributed by atoms with van der Waals surface area (Å²) in [6, 6.07) is 10.5. The molecule has 2 aromatic rings. The Labute approximate surface area is 174 Å². The summed E-state index contributed by atoms with van der Waals surface area (Å²) in [4.78, 5) is 18.7. The predicted molar refractivity (Wildman–Crippen MR) is 118 cm³/mol. The van der Waals surface area contributed by atoms with Crippen LogP contribution in [0.5, 0.6) is 0 Å². The Hall–Kier alpha value is -1.21. The summed E-state index contributed by atoms with van der Waals surface area (Å²) < 4.78 is 1.18. The summed E-state index contributed by atoms with van der Waals surface area (Å²) in [6.45, 7) is 11.7. The summed E-state index contributed by atoms with van der Waals surface area (Å²) in [5.41, 5.74) is 3.32. The number of carbonyl (C=O) groups is 1. The highest BCUT2D eigenvalue weighted by Gasteiger charge is 2.20. The lowest BCUT2D eigenvalue weighted by molar-refractivity contribution is -0.117. The molecule has 0 radical (unpaired) electrons. The van der Waals surface area contributed by atoms with Crippen LogP contribution < -0.4 is 5.32 Å². The van der Waals surface area contributed by atoms with Crippen LogP contribution in [0.25, 0.3) is 0 Å². The molecule has 1 saturated heterocycles. The Morgan fingerprint density at radius 3 is 2.48 bits per heavy atom. The zero-order valence-corrected chi connectivity index (χ0v) is 18.7. The van der Waals surface area contributed by atoms with Gasteiger partial charge in [-0.3, -0.25) is 14.6 Å². The van der Waals surface area contributed by atoms with Gasteiger partial charge in [-0.15, -0.1) is 11.3 Å². The maximum atomic E-state index is 12.6. The largest absolute Gasteiger partial charge is 0.324 e.